The minimum atomic E-state index is -4.76. The average Bonchev–Trinajstić information content (AvgIpc) is 3.28. The third-order valence-electron chi connectivity index (χ3n) is 8.03. The van der Waals surface area contributed by atoms with Crippen LogP contribution in [0.25, 0.3) is 0 Å². The van der Waals surface area contributed by atoms with Gasteiger partial charge < -0.3 is 29.7 Å². The predicted molar refractivity (Wildman–Crippen MR) is 164 cm³/mol. The largest absolute Gasteiger partial charge is 0.421 e. The fourth-order valence-corrected chi connectivity index (χ4v) is 7.59. The van der Waals surface area contributed by atoms with Crippen LogP contribution in [-0.2, 0) is 32.5 Å². The van der Waals surface area contributed by atoms with Gasteiger partial charge in [0, 0.05) is 25.5 Å². The van der Waals surface area contributed by atoms with Gasteiger partial charge in [-0.25, -0.2) is 4.98 Å². The molecule has 1 amide bonds. The number of rotatable bonds is 11. The van der Waals surface area contributed by atoms with Crippen molar-refractivity contribution in [1.82, 2.24) is 14.9 Å². The first-order valence-electron chi connectivity index (χ1n) is 15.0. The Labute approximate surface area is 259 Å². The van der Waals surface area contributed by atoms with Crippen LogP contribution >= 0.6 is 7.60 Å². The lowest BCUT2D eigenvalue weighted by Crippen LogP contribution is -2.18. The summed E-state index contributed by atoms with van der Waals surface area (Å²) in [6, 6.07) is 10.2. The Morgan fingerprint density at radius 1 is 1.02 bits per heavy atom. The number of carbonyl (C=O) groups excluding carboxylic acids is 1. The maximum Gasteiger partial charge on any atom is 0.421 e. The molecule has 0 unspecified atom stereocenters. The number of anilines is 4. The zero-order valence-corrected chi connectivity index (χ0v) is 26.3. The van der Waals surface area contributed by atoms with Crippen molar-refractivity contribution >= 4 is 36.6 Å². The Bertz CT molecular complexity index is 1570. The molecule has 2 aliphatic rings. The molecule has 1 aromatic heterocycles. The number of hydrogen-bond donors (Lipinski definition) is 3. The van der Waals surface area contributed by atoms with Crippen LogP contribution in [0, 0.1) is 0 Å². The van der Waals surface area contributed by atoms with Crippen LogP contribution < -0.4 is 10.6 Å². The molecule has 0 radical (unpaired) electrons. The van der Waals surface area contributed by atoms with E-state index in [-0.39, 0.29) is 48.9 Å². The van der Waals surface area contributed by atoms with Gasteiger partial charge in [-0.05, 0) is 80.3 Å². The summed E-state index contributed by atoms with van der Waals surface area (Å²) >= 11 is 0. The zero-order valence-electron chi connectivity index (χ0n) is 25.4. The second-order valence-corrected chi connectivity index (χ2v) is 13.3. The number of benzene rings is 2. The molecule has 242 valence electrons. The van der Waals surface area contributed by atoms with Crippen LogP contribution in [-0.4, -0.2) is 52.2 Å². The fraction of sp³-hybridized carbons (Fsp3) is 0.452. The van der Waals surface area contributed by atoms with Gasteiger partial charge >= 0.3 is 13.8 Å². The SMILES string of the molecule is CCOP(=O)(Cc1ccc(Nc2ncc(C(F)(F)F)c(Nc3ccc([C@H]4CC[C@H](O)CC4)c4c3C(=O)N(C)C4)n2)cc1)OCC. The summed E-state index contributed by atoms with van der Waals surface area (Å²) < 4.78 is 65.8. The van der Waals surface area contributed by atoms with E-state index in [0.717, 1.165) is 24.0 Å². The minimum Gasteiger partial charge on any atom is -0.393 e. The Morgan fingerprint density at radius 2 is 1.69 bits per heavy atom. The fourth-order valence-electron chi connectivity index (χ4n) is 5.89. The molecule has 45 heavy (non-hydrogen) atoms. The molecule has 1 aliphatic carbocycles. The summed E-state index contributed by atoms with van der Waals surface area (Å²) in [5, 5.41) is 15.7. The third-order valence-corrected chi connectivity index (χ3v) is 10.1. The van der Waals surface area contributed by atoms with Crippen LogP contribution in [0.4, 0.5) is 36.3 Å². The first kappa shape index (κ1) is 32.9. The number of halogens is 3. The first-order chi connectivity index (χ1) is 21.4. The van der Waals surface area contributed by atoms with Crippen LogP contribution in [0.2, 0.25) is 0 Å². The monoisotopic (exact) mass is 647 g/mol. The number of aliphatic hydroxyl groups is 1. The van der Waals surface area contributed by atoms with E-state index in [2.05, 4.69) is 20.6 Å². The molecule has 3 N–H and O–H groups in total. The van der Waals surface area contributed by atoms with Gasteiger partial charge in [-0.1, -0.05) is 18.2 Å². The molecule has 14 heteroatoms. The lowest BCUT2D eigenvalue weighted by Gasteiger charge is -2.27. The van der Waals surface area contributed by atoms with Crippen molar-refractivity contribution in [3.8, 4) is 0 Å². The number of aliphatic hydroxyl groups excluding tert-OH is 1. The number of amides is 1. The van der Waals surface area contributed by atoms with Crippen molar-refractivity contribution in [2.75, 3.05) is 30.9 Å². The van der Waals surface area contributed by atoms with E-state index in [4.69, 9.17) is 9.05 Å². The van der Waals surface area contributed by atoms with E-state index in [1.54, 1.807) is 56.1 Å². The number of fused-ring (bicyclic) bond motifs is 1. The normalized spacial score (nSPS) is 18.6. The standard InChI is InChI=1S/C31H37F3N5O5P/c1-4-43-45(42,44-5-2)18-19-6-10-21(11-7-19)36-30-35-16-25(31(32,33)34)28(38-30)37-26-15-14-23(20-8-12-22(40)13-9-20)24-17-39(3)29(41)27(24)26/h6-7,10-11,14-16,20,22,40H,4-5,8-9,12-13,17-18H2,1-3H3,(H2,35,36,37,38)/t20-,22-. The topological polar surface area (TPSA) is 126 Å². The first-order valence-corrected chi connectivity index (χ1v) is 16.7. The van der Waals surface area contributed by atoms with Crippen molar-refractivity contribution in [3.63, 3.8) is 0 Å². The van der Waals surface area contributed by atoms with E-state index >= 15 is 0 Å². The van der Waals surface area contributed by atoms with E-state index < -0.39 is 25.2 Å². The second kappa shape index (κ2) is 13.5. The number of nitrogens with one attached hydrogen (secondary N) is 2. The average molecular weight is 648 g/mol. The van der Waals surface area contributed by atoms with Gasteiger partial charge in [0.15, 0.2) is 0 Å². The molecule has 2 heterocycles. The third kappa shape index (κ3) is 7.49. The van der Waals surface area contributed by atoms with Crippen molar-refractivity contribution in [2.45, 2.75) is 70.4 Å². The summed E-state index contributed by atoms with van der Waals surface area (Å²) in [5.74, 6) is -0.716. The molecule has 0 spiro atoms. The molecule has 3 aromatic rings. The number of aromatic nitrogens is 2. The molecular weight excluding hydrogens is 610 g/mol. The van der Waals surface area contributed by atoms with Gasteiger partial charge in [0.25, 0.3) is 5.91 Å². The van der Waals surface area contributed by atoms with Crippen LogP contribution in [0.15, 0.2) is 42.6 Å². The van der Waals surface area contributed by atoms with Crippen LogP contribution in [0.3, 0.4) is 0 Å². The van der Waals surface area contributed by atoms with E-state index in [1.807, 2.05) is 6.07 Å². The van der Waals surface area contributed by atoms with Gasteiger partial charge in [0.2, 0.25) is 5.95 Å². The number of carbonyl (C=O) groups is 1. The molecule has 5 rings (SSSR count). The Balaban J connectivity index is 1.42. The highest BCUT2D eigenvalue weighted by Crippen LogP contribution is 2.51. The highest BCUT2D eigenvalue weighted by molar-refractivity contribution is 7.53. The molecule has 0 atom stereocenters. The van der Waals surface area contributed by atoms with Crippen molar-refractivity contribution < 1.29 is 36.7 Å². The lowest BCUT2D eigenvalue weighted by molar-refractivity contribution is -0.137. The lowest BCUT2D eigenvalue weighted by atomic mass is 9.80. The Morgan fingerprint density at radius 3 is 2.31 bits per heavy atom. The maximum absolute atomic E-state index is 14.1. The van der Waals surface area contributed by atoms with Gasteiger partial charge in [0.1, 0.15) is 11.4 Å². The number of alkyl halides is 3. The van der Waals surface area contributed by atoms with Gasteiger partial charge in [-0.2, -0.15) is 18.2 Å². The molecule has 2 aromatic carbocycles. The minimum absolute atomic E-state index is 0.0690. The zero-order chi connectivity index (χ0) is 32.4. The highest BCUT2D eigenvalue weighted by atomic mass is 31.2. The van der Waals surface area contributed by atoms with Gasteiger partial charge in [0.05, 0.1) is 36.7 Å². The molecule has 1 fully saturated rings. The molecule has 0 saturated heterocycles. The number of nitrogens with zero attached hydrogens (tertiary/aromatic N) is 3. The van der Waals surface area contributed by atoms with Gasteiger partial charge in [-0.15, -0.1) is 0 Å². The molecule has 0 bridgehead atoms. The van der Waals surface area contributed by atoms with Gasteiger partial charge in [-0.3, -0.25) is 9.36 Å². The Hall–Kier alpha value is -3.51. The summed E-state index contributed by atoms with van der Waals surface area (Å²) in [7, 11) is -1.65. The summed E-state index contributed by atoms with van der Waals surface area (Å²) in [5.41, 5.74) is 2.44. The van der Waals surface area contributed by atoms with Crippen molar-refractivity contribution in [3.05, 3.63) is 70.4 Å². The summed E-state index contributed by atoms with van der Waals surface area (Å²) in [4.78, 5) is 22.8. The van der Waals surface area contributed by atoms with Crippen LogP contribution in [0.5, 0.6) is 0 Å². The molecule has 10 nitrogen and oxygen atoms in total. The van der Waals surface area contributed by atoms with E-state index in [9.17, 15) is 27.6 Å². The smallest absolute Gasteiger partial charge is 0.393 e. The maximum atomic E-state index is 14.1. The summed E-state index contributed by atoms with van der Waals surface area (Å²) in [6.45, 7) is 4.29. The Kier molecular flexibility index (Phi) is 9.83. The van der Waals surface area contributed by atoms with E-state index in [1.165, 1.54) is 0 Å². The predicted octanol–water partition coefficient (Wildman–Crippen LogP) is 7.35. The highest BCUT2D eigenvalue weighted by Gasteiger charge is 2.37. The van der Waals surface area contributed by atoms with Crippen LogP contribution in [0.1, 0.15) is 78.1 Å². The molecule has 1 aliphatic heterocycles. The second-order valence-electron chi connectivity index (χ2n) is 11.2. The van der Waals surface area contributed by atoms with Crippen molar-refractivity contribution in [2.24, 2.45) is 0 Å². The number of hydrogen-bond acceptors (Lipinski definition) is 9. The summed E-state index contributed by atoms with van der Waals surface area (Å²) in [6.07, 6.45) is -1.45. The molecule has 1 saturated carbocycles. The quantitative estimate of drug-likeness (QED) is 0.183. The van der Waals surface area contributed by atoms with Crippen molar-refractivity contribution in [1.29, 1.82) is 0 Å². The van der Waals surface area contributed by atoms with E-state index in [0.29, 0.717) is 42.4 Å². The molecular formula is C31H37F3N5O5P.